The van der Waals surface area contributed by atoms with Gasteiger partial charge in [0.05, 0.1) is 10.3 Å². The summed E-state index contributed by atoms with van der Waals surface area (Å²) in [5.41, 5.74) is 0.492. The third kappa shape index (κ3) is 3.17. The maximum atomic E-state index is 12.6. The molecule has 0 bridgehead atoms. The molecular formula is C17H17N3O2S. The maximum absolute atomic E-state index is 12.6. The lowest BCUT2D eigenvalue weighted by Gasteiger charge is -2.10. The lowest BCUT2D eigenvalue weighted by Crippen LogP contribution is -2.34. The number of benzene rings is 1. The molecule has 0 saturated carbocycles. The SMILES string of the molecule is CCCNC(=O)Cn1nc(-c2cccs2)c2ccccc2c1=O. The average Bonchev–Trinajstić information content (AvgIpc) is 3.10. The summed E-state index contributed by atoms with van der Waals surface area (Å²) in [4.78, 5) is 25.5. The van der Waals surface area contributed by atoms with Gasteiger partial charge in [-0.05, 0) is 23.9 Å². The molecule has 0 unspecified atom stereocenters. The fourth-order valence-corrected chi connectivity index (χ4v) is 3.12. The van der Waals surface area contributed by atoms with Crippen LogP contribution in [0.4, 0.5) is 0 Å². The van der Waals surface area contributed by atoms with Crippen LogP contribution in [0.5, 0.6) is 0 Å². The van der Waals surface area contributed by atoms with E-state index in [1.54, 1.807) is 17.4 Å². The minimum atomic E-state index is -0.243. The summed E-state index contributed by atoms with van der Waals surface area (Å²) in [6, 6.07) is 11.3. The van der Waals surface area contributed by atoms with Crippen LogP contribution in [0.3, 0.4) is 0 Å². The Morgan fingerprint density at radius 1 is 1.22 bits per heavy atom. The number of hydrogen-bond acceptors (Lipinski definition) is 4. The maximum Gasteiger partial charge on any atom is 0.275 e. The minimum absolute atomic E-state index is 0.0674. The van der Waals surface area contributed by atoms with Crippen LogP contribution < -0.4 is 10.9 Å². The Morgan fingerprint density at radius 2 is 2.00 bits per heavy atom. The lowest BCUT2D eigenvalue weighted by atomic mass is 10.1. The van der Waals surface area contributed by atoms with Crippen molar-refractivity contribution in [3.63, 3.8) is 0 Å². The highest BCUT2D eigenvalue weighted by Crippen LogP contribution is 2.28. The van der Waals surface area contributed by atoms with Crippen LogP contribution in [0.2, 0.25) is 0 Å². The highest BCUT2D eigenvalue weighted by molar-refractivity contribution is 7.13. The van der Waals surface area contributed by atoms with Crippen molar-refractivity contribution >= 4 is 28.0 Å². The van der Waals surface area contributed by atoms with E-state index in [1.807, 2.05) is 42.6 Å². The number of aromatic nitrogens is 2. The number of carbonyl (C=O) groups is 1. The van der Waals surface area contributed by atoms with Crippen LogP contribution in [-0.2, 0) is 11.3 Å². The summed E-state index contributed by atoms with van der Waals surface area (Å²) in [5, 5.41) is 10.6. The van der Waals surface area contributed by atoms with Gasteiger partial charge in [-0.3, -0.25) is 9.59 Å². The quantitative estimate of drug-likeness (QED) is 0.783. The molecule has 2 heterocycles. The van der Waals surface area contributed by atoms with E-state index in [0.29, 0.717) is 11.9 Å². The van der Waals surface area contributed by atoms with Gasteiger partial charge in [-0.15, -0.1) is 11.3 Å². The summed E-state index contributed by atoms with van der Waals surface area (Å²) in [6.45, 7) is 2.51. The largest absolute Gasteiger partial charge is 0.355 e. The first-order valence-corrected chi connectivity index (χ1v) is 8.39. The van der Waals surface area contributed by atoms with Gasteiger partial charge in [-0.1, -0.05) is 31.2 Å². The molecule has 2 aromatic heterocycles. The summed E-state index contributed by atoms with van der Waals surface area (Å²) < 4.78 is 1.25. The first-order valence-electron chi connectivity index (χ1n) is 7.51. The van der Waals surface area contributed by atoms with E-state index in [1.165, 1.54) is 4.68 Å². The second-order valence-electron chi connectivity index (χ2n) is 5.18. The van der Waals surface area contributed by atoms with Gasteiger partial charge in [0.15, 0.2) is 0 Å². The molecule has 0 aliphatic rings. The van der Waals surface area contributed by atoms with Crippen molar-refractivity contribution < 1.29 is 4.79 Å². The standard InChI is InChI=1S/C17H17N3O2S/c1-2-9-18-15(21)11-20-17(22)13-7-4-3-6-12(13)16(19-20)14-8-5-10-23-14/h3-8,10H,2,9,11H2,1H3,(H,18,21). The highest BCUT2D eigenvalue weighted by atomic mass is 32.1. The topological polar surface area (TPSA) is 64.0 Å². The van der Waals surface area contributed by atoms with Gasteiger partial charge in [0.2, 0.25) is 5.91 Å². The van der Waals surface area contributed by atoms with E-state index in [0.717, 1.165) is 22.4 Å². The summed E-state index contributed by atoms with van der Waals surface area (Å²) >= 11 is 1.56. The van der Waals surface area contributed by atoms with Gasteiger partial charge >= 0.3 is 0 Å². The number of fused-ring (bicyclic) bond motifs is 1. The Labute approximate surface area is 137 Å². The third-order valence-electron chi connectivity index (χ3n) is 3.49. The molecule has 0 atom stereocenters. The molecule has 5 nitrogen and oxygen atoms in total. The van der Waals surface area contributed by atoms with Crippen molar-refractivity contribution in [2.75, 3.05) is 6.54 Å². The zero-order valence-electron chi connectivity index (χ0n) is 12.8. The molecule has 1 amide bonds. The molecule has 118 valence electrons. The van der Waals surface area contributed by atoms with Crippen molar-refractivity contribution in [3.8, 4) is 10.6 Å². The molecule has 0 saturated heterocycles. The number of nitrogens with zero attached hydrogens (tertiary/aromatic N) is 2. The zero-order valence-corrected chi connectivity index (χ0v) is 13.6. The van der Waals surface area contributed by atoms with Gasteiger partial charge in [-0.25, -0.2) is 4.68 Å². The molecule has 1 N–H and O–H groups in total. The van der Waals surface area contributed by atoms with Crippen molar-refractivity contribution in [1.29, 1.82) is 0 Å². The fraction of sp³-hybridized carbons (Fsp3) is 0.235. The average molecular weight is 327 g/mol. The second kappa shape index (κ2) is 6.75. The van der Waals surface area contributed by atoms with E-state index in [-0.39, 0.29) is 18.0 Å². The van der Waals surface area contributed by atoms with E-state index >= 15 is 0 Å². The molecule has 0 fully saturated rings. The number of amides is 1. The lowest BCUT2D eigenvalue weighted by molar-refractivity contribution is -0.121. The Morgan fingerprint density at radius 3 is 2.70 bits per heavy atom. The first-order chi connectivity index (χ1) is 11.2. The van der Waals surface area contributed by atoms with Crippen molar-refractivity contribution in [2.45, 2.75) is 19.9 Å². The van der Waals surface area contributed by atoms with Crippen LogP contribution >= 0.6 is 11.3 Å². The normalized spacial score (nSPS) is 10.8. The molecule has 23 heavy (non-hydrogen) atoms. The van der Waals surface area contributed by atoms with E-state index < -0.39 is 0 Å². The smallest absolute Gasteiger partial charge is 0.275 e. The molecule has 0 radical (unpaired) electrons. The second-order valence-corrected chi connectivity index (χ2v) is 6.13. The molecule has 3 aromatic rings. The number of nitrogens with one attached hydrogen (secondary N) is 1. The first kappa shape index (κ1) is 15.4. The van der Waals surface area contributed by atoms with E-state index in [4.69, 9.17) is 0 Å². The fourth-order valence-electron chi connectivity index (χ4n) is 2.39. The van der Waals surface area contributed by atoms with Gasteiger partial charge in [-0.2, -0.15) is 5.10 Å². The Bertz CT molecular complexity index is 884. The summed E-state index contributed by atoms with van der Waals surface area (Å²) in [5.74, 6) is -0.200. The van der Waals surface area contributed by atoms with Crippen LogP contribution in [0.15, 0.2) is 46.6 Å². The monoisotopic (exact) mass is 327 g/mol. The van der Waals surface area contributed by atoms with Gasteiger partial charge in [0.25, 0.3) is 5.56 Å². The third-order valence-corrected chi connectivity index (χ3v) is 4.36. The van der Waals surface area contributed by atoms with Crippen LogP contribution in [0, 0.1) is 0 Å². The van der Waals surface area contributed by atoms with Gasteiger partial charge in [0, 0.05) is 11.9 Å². The molecule has 3 rings (SSSR count). The number of hydrogen-bond donors (Lipinski definition) is 1. The Hall–Kier alpha value is -2.47. The predicted molar refractivity (Wildman–Crippen MR) is 92.6 cm³/mol. The number of rotatable bonds is 5. The molecule has 0 spiro atoms. The zero-order chi connectivity index (χ0) is 16.2. The molecule has 1 aromatic carbocycles. The van der Waals surface area contributed by atoms with E-state index in [9.17, 15) is 9.59 Å². The summed E-state index contributed by atoms with van der Waals surface area (Å²) in [6.07, 6.45) is 0.853. The van der Waals surface area contributed by atoms with Crippen molar-refractivity contribution in [3.05, 3.63) is 52.1 Å². The highest BCUT2D eigenvalue weighted by Gasteiger charge is 2.14. The van der Waals surface area contributed by atoms with Crippen molar-refractivity contribution in [1.82, 2.24) is 15.1 Å². The summed E-state index contributed by atoms with van der Waals surface area (Å²) in [7, 11) is 0. The van der Waals surface area contributed by atoms with Gasteiger partial charge in [0.1, 0.15) is 12.2 Å². The molecule has 0 aliphatic carbocycles. The molecule has 0 aliphatic heterocycles. The van der Waals surface area contributed by atoms with Crippen LogP contribution in [-0.4, -0.2) is 22.2 Å². The van der Waals surface area contributed by atoms with Crippen LogP contribution in [0.1, 0.15) is 13.3 Å². The number of thiophene rings is 1. The van der Waals surface area contributed by atoms with Crippen molar-refractivity contribution in [2.24, 2.45) is 0 Å². The van der Waals surface area contributed by atoms with Crippen LogP contribution in [0.25, 0.3) is 21.3 Å². The Kier molecular flexibility index (Phi) is 4.52. The minimum Gasteiger partial charge on any atom is -0.355 e. The van der Waals surface area contributed by atoms with Gasteiger partial charge < -0.3 is 5.32 Å². The Balaban J connectivity index is 2.10. The van der Waals surface area contributed by atoms with E-state index in [2.05, 4.69) is 10.4 Å². The number of carbonyl (C=O) groups excluding carboxylic acids is 1. The predicted octanol–water partition coefficient (Wildman–Crippen LogP) is 2.65. The molecule has 6 heteroatoms. The molecular weight excluding hydrogens is 310 g/mol.